The molecule has 3 atom stereocenters. The number of methoxy groups -OCH3 is 1. The van der Waals surface area contributed by atoms with Gasteiger partial charge < -0.3 is 20.5 Å². The summed E-state index contributed by atoms with van der Waals surface area (Å²) < 4.78 is 10.1. The van der Waals surface area contributed by atoms with Gasteiger partial charge in [0.15, 0.2) is 5.69 Å². The van der Waals surface area contributed by atoms with Crippen LogP contribution in [0.15, 0.2) is 12.1 Å². The molecule has 3 unspecified atom stereocenters. The molecule has 0 saturated heterocycles. The zero-order valence-corrected chi connectivity index (χ0v) is 11.0. The second kappa shape index (κ2) is 5.94. The quantitative estimate of drug-likeness (QED) is 0.733. The fraction of sp³-hybridized carbons (Fsp3) is 0.583. The summed E-state index contributed by atoms with van der Waals surface area (Å²) >= 11 is 0. The Balaban J connectivity index is 1.97. The highest BCUT2D eigenvalue weighted by atomic mass is 16.5. The van der Waals surface area contributed by atoms with E-state index in [0.717, 1.165) is 6.42 Å². The highest BCUT2D eigenvalue weighted by Gasteiger charge is 2.39. The number of ether oxygens (including phenoxy) is 2. The molecule has 1 saturated carbocycles. The summed E-state index contributed by atoms with van der Waals surface area (Å²) in [7, 11) is 1.30. The van der Waals surface area contributed by atoms with Gasteiger partial charge in [0.05, 0.1) is 19.3 Å². The van der Waals surface area contributed by atoms with Crippen LogP contribution in [0.25, 0.3) is 0 Å². The smallest absolute Gasteiger partial charge is 0.358 e. The van der Waals surface area contributed by atoms with E-state index in [1.165, 1.54) is 7.11 Å². The molecule has 0 aromatic carbocycles. The molecule has 1 fully saturated rings. The van der Waals surface area contributed by atoms with Gasteiger partial charge in [0.1, 0.15) is 5.82 Å². The molecule has 0 radical (unpaired) electrons. The maximum Gasteiger partial charge on any atom is 0.358 e. The summed E-state index contributed by atoms with van der Waals surface area (Å²) in [4.78, 5) is 11.2. The number of hydrogen-bond donors (Lipinski definition) is 2. The highest BCUT2D eigenvalue weighted by molar-refractivity contribution is 5.86. The van der Waals surface area contributed by atoms with Crippen LogP contribution >= 0.6 is 0 Å². The molecule has 1 aliphatic rings. The zero-order valence-electron chi connectivity index (χ0n) is 11.0. The van der Waals surface area contributed by atoms with E-state index in [0.29, 0.717) is 12.4 Å². The van der Waals surface area contributed by atoms with Crippen molar-refractivity contribution in [2.24, 2.45) is 5.73 Å². The van der Waals surface area contributed by atoms with Crippen LogP contribution in [0.1, 0.15) is 23.8 Å². The van der Waals surface area contributed by atoms with E-state index in [2.05, 4.69) is 20.3 Å². The Morgan fingerprint density at radius 3 is 2.84 bits per heavy atom. The van der Waals surface area contributed by atoms with Crippen molar-refractivity contribution < 1.29 is 14.3 Å². The number of nitrogens with two attached hydrogens (primary N) is 1. The van der Waals surface area contributed by atoms with Gasteiger partial charge in [0.25, 0.3) is 0 Å². The summed E-state index contributed by atoms with van der Waals surface area (Å²) in [5.41, 5.74) is 6.10. The van der Waals surface area contributed by atoms with Crippen molar-refractivity contribution in [3.05, 3.63) is 17.8 Å². The first-order chi connectivity index (χ1) is 9.15. The molecule has 7 nitrogen and oxygen atoms in total. The number of rotatable bonds is 5. The summed E-state index contributed by atoms with van der Waals surface area (Å²) in [5, 5.41) is 10.9. The molecular formula is C12H18N4O3. The topological polar surface area (TPSA) is 99.4 Å². The normalized spacial score (nSPS) is 25.5. The highest BCUT2D eigenvalue weighted by Crippen LogP contribution is 2.25. The van der Waals surface area contributed by atoms with Gasteiger partial charge in [-0.2, -0.15) is 0 Å². The SMILES string of the molecule is CCOC1CC(N)C1Nc1ccc(C(=O)OC)nn1. The number of carbonyl (C=O) groups is 1. The number of aromatic nitrogens is 2. The first-order valence-electron chi connectivity index (χ1n) is 6.21. The predicted octanol–water partition coefficient (Wildman–Crippen LogP) is 0.180. The molecule has 7 heteroatoms. The van der Waals surface area contributed by atoms with Crippen LogP contribution in [0.2, 0.25) is 0 Å². The van der Waals surface area contributed by atoms with E-state index < -0.39 is 5.97 Å². The van der Waals surface area contributed by atoms with Crippen LogP contribution in [0.3, 0.4) is 0 Å². The Bertz CT molecular complexity index is 435. The largest absolute Gasteiger partial charge is 0.464 e. The predicted molar refractivity (Wildman–Crippen MR) is 68.8 cm³/mol. The van der Waals surface area contributed by atoms with E-state index in [-0.39, 0.29) is 23.9 Å². The number of carbonyl (C=O) groups excluding carboxylic acids is 1. The van der Waals surface area contributed by atoms with Gasteiger partial charge in [-0.15, -0.1) is 10.2 Å². The van der Waals surface area contributed by atoms with Crippen LogP contribution in [0.4, 0.5) is 5.82 Å². The van der Waals surface area contributed by atoms with Crippen LogP contribution in [0, 0.1) is 0 Å². The molecule has 1 heterocycles. The van der Waals surface area contributed by atoms with Crippen LogP contribution < -0.4 is 11.1 Å². The molecule has 0 amide bonds. The molecule has 0 bridgehead atoms. The Morgan fingerprint density at radius 2 is 2.32 bits per heavy atom. The number of anilines is 1. The van der Waals surface area contributed by atoms with Crippen molar-refractivity contribution in [3.63, 3.8) is 0 Å². The first kappa shape index (κ1) is 13.7. The second-order valence-corrected chi connectivity index (χ2v) is 4.36. The maximum atomic E-state index is 11.2. The van der Waals surface area contributed by atoms with Gasteiger partial charge >= 0.3 is 5.97 Å². The molecule has 1 aliphatic carbocycles. The van der Waals surface area contributed by atoms with Gasteiger partial charge in [-0.3, -0.25) is 0 Å². The Labute approximate surface area is 111 Å². The fourth-order valence-corrected chi connectivity index (χ4v) is 2.02. The van der Waals surface area contributed by atoms with E-state index in [1.807, 2.05) is 6.92 Å². The van der Waals surface area contributed by atoms with E-state index >= 15 is 0 Å². The van der Waals surface area contributed by atoms with Gasteiger partial charge in [-0.1, -0.05) is 0 Å². The minimum atomic E-state index is -0.508. The van der Waals surface area contributed by atoms with Gasteiger partial charge in [0, 0.05) is 12.6 Å². The zero-order chi connectivity index (χ0) is 13.8. The third-order valence-electron chi connectivity index (χ3n) is 3.12. The maximum absolute atomic E-state index is 11.2. The molecule has 3 N–H and O–H groups in total. The van der Waals surface area contributed by atoms with Gasteiger partial charge in [-0.05, 0) is 25.5 Å². The van der Waals surface area contributed by atoms with E-state index in [4.69, 9.17) is 10.5 Å². The third kappa shape index (κ3) is 2.99. The lowest BCUT2D eigenvalue weighted by Crippen LogP contribution is -2.60. The molecule has 1 aromatic rings. The monoisotopic (exact) mass is 266 g/mol. The van der Waals surface area contributed by atoms with Crippen LogP contribution in [0.5, 0.6) is 0 Å². The van der Waals surface area contributed by atoms with Crippen molar-refractivity contribution in [1.82, 2.24) is 10.2 Å². The Hall–Kier alpha value is -1.73. The van der Waals surface area contributed by atoms with E-state index in [1.54, 1.807) is 12.1 Å². The average Bonchev–Trinajstić information content (AvgIpc) is 2.44. The van der Waals surface area contributed by atoms with Crippen LogP contribution in [-0.2, 0) is 9.47 Å². The second-order valence-electron chi connectivity index (χ2n) is 4.36. The summed E-state index contributed by atoms with van der Waals surface area (Å²) in [6.45, 7) is 2.61. The van der Waals surface area contributed by atoms with Crippen molar-refractivity contribution in [2.75, 3.05) is 19.0 Å². The molecule has 1 aromatic heterocycles. The molecular weight excluding hydrogens is 248 g/mol. The Kier molecular flexibility index (Phi) is 4.28. The molecule has 2 rings (SSSR count). The average molecular weight is 266 g/mol. The van der Waals surface area contributed by atoms with Gasteiger partial charge in [0.2, 0.25) is 0 Å². The van der Waals surface area contributed by atoms with Crippen molar-refractivity contribution >= 4 is 11.8 Å². The standard InChI is InChI=1S/C12H18N4O3/c1-3-19-9-6-7(13)11(9)14-10-5-4-8(15-16-10)12(17)18-2/h4-5,7,9,11H,3,6,13H2,1-2H3,(H,14,16). The Morgan fingerprint density at radius 1 is 1.53 bits per heavy atom. The summed E-state index contributed by atoms with van der Waals surface area (Å²) in [6, 6.07) is 3.30. The van der Waals surface area contributed by atoms with E-state index in [9.17, 15) is 4.79 Å². The van der Waals surface area contributed by atoms with Crippen molar-refractivity contribution in [2.45, 2.75) is 31.5 Å². The first-order valence-corrected chi connectivity index (χ1v) is 6.21. The summed E-state index contributed by atoms with van der Waals surface area (Å²) in [6.07, 6.45) is 0.932. The molecule has 104 valence electrons. The minimum absolute atomic E-state index is 0.0261. The number of nitrogens with one attached hydrogen (secondary N) is 1. The molecule has 0 aliphatic heterocycles. The van der Waals surface area contributed by atoms with Crippen molar-refractivity contribution in [3.8, 4) is 0 Å². The summed E-state index contributed by atoms with van der Waals surface area (Å²) in [5.74, 6) is 0.0593. The molecule has 19 heavy (non-hydrogen) atoms. The lowest BCUT2D eigenvalue weighted by molar-refractivity contribution is -0.0127. The third-order valence-corrected chi connectivity index (χ3v) is 3.12. The van der Waals surface area contributed by atoms with Gasteiger partial charge in [-0.25, -0.2) is 4.79 Å². The number of nitrogens with zero attached hydrogens (tertiary/aromatic N) is 2. The fourth-order valence-electron chi connectivity index (χ4n) is 2.02. The van der Waals surface area contributed by atoms with Crippen molar-refractivity contribution in [1.29, 1.82) is 0 Å². The number of hydrogen-bond acceptors (Lipinski definition) is 7. The van der Waals surface area contributed by atoms with Crippen LogP contribution in [-0.4, -0.2) is 48.1 Å². The minimum Gasteiger partial charge on any atom is -0.464 e. The lowest BCUT2D eigenvalue weighted by Gasteiger charge is -2.42. The molecule has 0 spiro atoms. The lowest BCUT2D eigenvalue weighted by atomic mass is 9.83. The number of esters is 1.